The molecule has 1 aliphatic rings. The van der Waals surface area contributed by atoms with Crippen LogP contribution in [-0.2, 0) is 0 Å². The Labute approximate surface area is 101 Å². The Balaban J connectivity index is 2.68. The van der Waals surface area contributed by atoms with Gasteiger partial charge >= 0.3 is 0 Å². The molecule has 16 heavy (non-hydrogen) atoms. The summed E-state index contributed by atoms with van der Waals surface area (Å²) in [5.41, 5.74) is 2.86. The second-order valence-corrected chi connectivity index (χ2v) is 4.64. The molecule has 0 spiro atoms. The molecular weight excluding hydrogens is 194 g/mol. The molecule has 1 fully saturated rings. The normalized spacial score (nSPS) is 21.2. The van der Waals surface area contributed by atoms with Crippen molar-refractivity contribution in [2.24, 2.45) is 5.92 Å². The Morgan fingerprint density at radius 2 is 2.00 bits per heavy atom. The van der Waals surface area contributed by atoms with Crippen LogP contribution in [0.25, 0.3) is 0 Å². The maximum absolute atomic E-state index is 3.87. The first-order chi connectivity index (χ1) is 7.71. The molecule has 0 aromatic rings. The summed E-state index contributed by atoms with van der Waals surface area (Å²) >= 11 is 0. The van der Waals surface area contributed by atoms with Gasteiger partial charge in [0.15, 0.2) is 0 Å². The summed E-state index contributed by atoms with van der Waals surface area (Å²) in [5, 5.41) is 0. The summed E-state index contributed by atoms with van der Waals surface area (Å²) in [5.74, 6) is 0.752. The van der Waals surface area contributed by atoms with E-state index in [1.165, 1.54) is 37.1 Å². The minimum atomic E-state index is 0.752. The van der Waals surface area contributed by atoms with Crippen molar-refractivity contribution < 1.29 is 0 Å². The lowest BCUT2D eigenvalue weighted by molar-refractivity contribution is 0.240. The lowest BCUT2D eigenvalue weighted by Gasteiger charge is -2.30. The minimum absolute atomic E-state index is 0.752. The van der Waals surface area contributed by atoms with Gasteiger partial charge in [-0.2, -0.15) is 0 Å². The lowest BCUT2D eigenvalue weighted by atomic mass is 9.87. The Morgan fingerprint density at radius 1 is 1.38 bits per heavy atom. The highest BCUT2D eigenvalue weighted by Gasteiger charge is 2.18. The molecule has 1 saturated heterocycles. The summed E-state index contributed by atoms with van der Waals surface area (Å²) in [7, 11) is 2.21. The zero-order chi connectivity index (χ0) is 12.0. The molecule has 0 atom stereocenters. The molecule has 0 aromatic carbocycles. The van der Waals surface area contributed by atoms with Crippen LogP contribution in [0.1, 0.15) is 33.1 Å². The van der Waals surface area contributed by atoms with E-state index in [-0.39, 0.29) is 0 Å². The molecule has 1 heterocycles. The maximum atomic E-state index is 3.87. The predicted molar refractivity (Wildman–Crippen MR) is 72.5 cm³/mol. The Morgan fingerprint density at radius 3 is 2.44 bits per heavy atom. The van der Waals surface area contributed by atoms with Crippen molar-refractivity contribution in [1.82, 2.24) is 4.90 Å². The molecule has 0 N–H and O–H groups in total. The van der Waals surface area contributed by atoms with Crippen LogP contribution >= 0.6 is 0 Å². The van der Waals surface area contributed by atoms with Crippen molar-refractivity contribution in [2.75, 3.05) is 20.1 Å². The first-order valence-corrected chi connectivity index (χ1v) is 6.39. The summed E-state index contributed by atoms with van der Waals surface area (Å²) in [4.78, 5) is 2.42. The van der Waals surface area contributed by atoms with Crippen molar-refractivity contribution >= 4 is 0 Å². The quantitative estimate of drug-likeness (QED) is 0.650. The van der Waals surface area contributed by atoms with Crippen LogP contribution in [-0.4, -0.2) is 25.0 Å². The number of allylic oxidation sites excluding steroid dienone is 5. The van der Waals surface area contributed by atoms with Gasteiger partial charge in [0.1, 0.15) is 0 Å². The number of hydrogen-bond donors (Lipinski definition) is 0. The first-order valence-electron chi connectivity index (χ1n) is 6.39. The van der Waals surface area contributed by atoms with E-state index in [9.17, 15) is 0 Å². The molecule has 0 bridgehead atoms. The van der Waals surface area contributed by atoms with Crippen molar-refractivity contribution in [2.45, 2.75) is 33.1 Å². The molecule has 0 amide bonds. The van der Waals surface area contributed by atoms with Gasteiger partial charge in [0, 0.05) is 0 Å². The van der Waals surface area contributed by atoms with Gasteiger partial charge in [-0.15, -0.1) is 0 Å². The molecule has 0 unspecified atom stereocenters. The van der Waals surface area contributed by atoms with Gasteiger partial charge in [0.25, 0.3) is 0 Å². The highest BCUT2D eigenvalue weighted by atomic mass is 15.1. The Hall–Kier alpha value is -0.820. The van der Waals surface area contributed by atoms with Gasteiger partial charge in [-0.05, 0) is 63.4 Å². The highest BCUT2D eigenvalue weighted by molar-refractivity contribution is 5.30. The van der Waals surface area contributed by atoms with Crippen LogP contribution in [0.4, 0.5) is 0 Å². The summed E-state index contributed by atoms with van der Waals surface area (Å²) in [6.07, 6.45) is 10.3. The molecule has 0 saturated carbocycles. The van der Waals surface area contributed by atoms with E-state index in [0.717, 1.165) is 12.3 Å². The van der Waals surface area contributed by atoms with E-state index < -0.39 is 0 Å². The van der Waals surface area contributed by atoms with Crippen molar-refractivity contribution in [3.8, 4) is 0 Å². The first kappa shape index (κ1) is 13.2. The standard InChI is InChI=1S/C15H25N/c1-5-13(6-2)12-14(7-3)15-8-10-16(4)11-9-15/h5,7,12,15H,1,6,8-11H2,2-4H3/b13-12+,14-7+. The average molecular weight is 219 g/mol. The van der Waals surface area contributed by atoms with Gasteiger partial charge in [-0.25, -0.2) is 0 Å². The molecule has 1 heteroatoms. The van der Waals surface area contributed by atoms with Crippen molar-refractivity contribution in [3.63, 3.8) is 0 Å². The van der Waals surface area contributed by atoms with E-state index in [0.29, 0.717) is 0 Å². The van der Waals surface area contributed by atoms with Crippen LogP contribution in [0.3, 0.4) is 0 Å². The second-order valence-electron chi connectivity index (χ2n) is 4.64. The van der Waals surface area contributed by atoms with Gasteiger partial charge in [0.05, 0.1) is 0 Å². The average Bonchev–Trinajstić information content (AvgIpc) is 2.32. The lowest BCUT2D eigenvalue weighted by Crippen LogP contribution is -2.30. The van der Waals surface area contributed by atoms with Gasteiger partial charge < -0.3 is 4.90 Å². The predicted octanol–water partition coefficient (Wildman–Crippen LogP) is 3.80. The number of likely N-dealkylation sites (tertiary alicyclic amines) is 1. The monoisotopic (exact) mass is 219 g/mol. The Bertz CT molecular complexity index is 278. The van der Waals surface area contributed by atoms with Crippen LogP contribution in [0, 0.1) is 5.92 Å². The molecular formula is C15H25N. The topological polar surface area (TPSA) is 3.24 Å². The molecule has 1 nitrogen and oxygen atoms in total. The summed E-state index contributed by atoms with van der Waals surface area (Å²) in [6, 6.07) is 0. The zero-order valence-corrected chi connectivity index (χ0v) is 11.0. The molecule has 0 aromatic heterocycles. The SMILES string of the molecule is C=C/C(=C\C(=C/C)C1CCN(C)CC1)CC. The van der Waals surface area contributed by atoms with E-state index in [1.807, 2.05) is 6.08 Å². The van der Waals surface area contributed by atoms with Crippen LogP contribution < -0.4 is 0 Å². The maximum Gasteiger partial charge on any atom is -0.00159 e. The number of piperidine rings is 1. The highest BCUT2D eigenvalue weighted by Crippen LogP contribution is 2.26. The zero-order valence-electron chi connectivity index (χ0n) is 11.0. The molecule has 90 valence electrons. The smallest absolute Gasteiger partial charge is 0.00159 e. The number of rotatable bonds is 4. The largest absolute Gasteiger partial charge is 0.306 e. The van der Waals surface area contributed by atoms with E-state index in [1.54, 1.807) is 0 Å². The van der Waals surface area contributed by atoms with Crippen molar-refractivity contribution in [3.05, 3.63) is 36.0 Å². The van der Waals surface area contributed by atoms with E-state index >= 15 is 0 Å². The molecule has 0 radical (unpaired) electrons. The number of hydrogen-bond acceptors (Lipinski definition) is 1. The van der Waals surface area contributed by atoms with Gasteiger partial charge in [-0.1, -0.05) is 31.7 Å². The fourth-order valence-corrected chi connectivity index (χ4v) is 2.30. The van der Waals surface area contributed by atoms with Crippen molar-refractivity contribution in [1.29, 1.82) is 0 Å². The molecule has 1 aliphatic heterocycles. The number of nitrogens with zero attached hydrogens (tertiary/aromatic N) is 1. The third-order valence-electron chi connectivity index (χ3n) is 3.55. The van der Waals surface area contributed by atoms with Gasteiger partial charge in [0.2, 0.25) is 0 Å². The third kappa shape index (κ3) is 3.64. The summed E-state index contributed by atoms with van der Waals surface area (Å²) < 4.78 is 0. The molecule has 1 rings (SSSR count). The van der Waals surface area contributed by atoms with E-state index in [4.69, 9.17) is 0 Å². The Kier molecular flexibility index (Phi) is 5.54. The van der Waals surface area contributed by atoms with Crippen LogP contribution in [0.2, 0.25) is 0 Å². The minimum Gasteiger partial charge on any atom is -0.306 e. The fraction of sp³-hybridized carbons (Fsp3) is 0.600. The fourth-order valence-electron chi connectivity index (χ4n) is 2.30. The van der Waals surface area contributed by atoms with Gasteiger partial charge in [-0.3, -0.25) is 0 Å². The van der Waals surface area contributed by atoms with Crippen LogP contribution in [0.15, 0.2) is 36.0 Å². The van der Waals surface area contributed by atoms with E-state index in [2.05, 4.69) is 44.5 Å². The van der Waals surface area contributed by atoms with Crippen LogP contribution in [0.5, 0.6) is 0 Å². The summed E-state index contributed by atoms with van der Waals surface area (Å²) in [6.45, 7) is 10.7. The third-order valence-corrected chi connectivity index (χ3v) is 3.55. The second kappa shape index (κ2) is 6.70. The molecule has 0 aliphatic carbocycles.